The molecule has 0 radical (unpaired) electrons. The maximum atomic E-state index is 12.0. The summed E-state index contributed by atoms with van der Waals surface area (Å²) in [7, 11) is 0. The van der Waals surface area contributed by atoms with Crippen molar-refractivity contribution in [1.29, 1.82) is 0 Å². The smallest absolute Gasteiger partial charge is 0.270 e. The summed E-state index contributed by atoms with van der Waals surface area (Å²) in [5.41, 5.74) is 1.46. The molecule has 0 saturated heterocycles. The fraction of sp³-hybridized carbons (Fsp3) is 0.0556. The lowest BCUT2D eigenvalue weighted by Gasteiger charge is -2.07. The summed E-state index contributed by atoms with van der Waals surface area (Å²) in [6.45, 7) is -0.254. The third kappa shape index (κ3) is 4.73. The minimum atomic E-state index is -0.584. The molecule has 0 atom stereocenters. The van der Waals surface area contributed by atoms with Crippen LogP contribution in [0.5, 0.6) is 0 Å². The molecule has 0 aliphatic rings. The molecule has 2 aromatic carbocycles. The van der Waals surface area contributed by atoms with Gasteiger partial charge in [0.05, 0.1) is 11.5 Å². The minimum absolute atomic E-state index is 0.116. The predicted molar refractivity (Wildman–Crippen MR) is 102 cm³/mol. The van der Waals surface area contributed by atoms with Crippen LogP contribution >= 0.6 is 11.3 Å². The number of nitrogens with zero attached hydrogens (tertiary/aromatic N) is 2. The van der Waals surface area contributed by atoms with E-state index in [1.807, 2.05) is 17.5 Å². The molecule has 1 heterocycles. The van der Waals surface area contributed by atoms with Gasteiger partial charge in [-0.1, -0.05) is 6.07 Å². The number of nitrogens with one attached hydrogen (secondary N) is 2. The third-order valence-corrected chi connectivity index (χ3v) is 4.40. The number of aromatic nitrogens is 1. The average Bonchev–Trinajstić information content (AvgIpc) is 3.21. The highest BCUT2D eigenvalue weighted by Gasteiger charge is 2.12. The van der Waals surface area contributed by atoms with E-state index in [4.69, 9.17) is 0 Å². The van der Waals surface area contributed by atoms with E-state index >= 15 is 0 Å². The van der Waals surface area contributed by atoms with Crippen molar-refractivity contribution in [3.05, 3.63) is 75.8 Å². The summed E-state index contributed by atoms with van der Waals surface area (Å²) in [5, 5.41) is 18.6. The lowest BCUT2D eigenvalue weighted by atomic mass is 10.2. The zero-order valence-electron chi connectivity index (χ0n) is 13.9. The number of nitro benzene ring substituents is 1. The van der Waals surface area contributed by atoms with Gasteiger partial charge in [-0.25, -0.2) is 4.98 Å². The standard InChI is InChI=1S/C18H14N4O4S/c23-16(11-20-17(24)13-2-1-3-15(10-13)22(25)26)21-14-6-4-12(5-7-14)18-19-8-9-27-18/h1-10H,11H2,(H,20,24)(H,21,23). The van der Waals surface area contributed by atoms with Crippen molar-refractivity contribution in [3.8, 4) is 10.6 Å². The fourth-order valence-electron chi connectivity index (χ4n) is 2.29. The Morgan fingerprint density at radius 2 is 1.93 bits per heavy atom. The van der Waals surface area contributed by atoms with Gasteiger partial charge in [-0.3, -0.25) is 19.7 Å². The third-order valence-electron chi connectivity index (χ3n) is 3.58. The van der Waals surface area contributed by atoms with Gasteiger partial charge < -0.3 is 10.6 Å². The molecule has 0 unspecified atom stereocenters. The Kier molecular flexibility index (Phi) is 5.53. The van der Waals surface area contributed by atoms with Gasteiger partial charge in [-0.05, 0) is 30.3 Å². The molecule has 2 N–H and O–H groups in total. The van der Waals surface area contributed by atoms with Crippen LogP contribution in [0.2, 0.25) is 0 Å². The first-order chi connectivity index (χ1) is 13.0. The van der Waals surface area contributed by atoms with Gasteiger partial charge >= 0.3 is 0 Å². The Hall–Kier alpha value is -3.59. The Bertz CT molecular complexity index is 971. The number of carbonyl (C=O) groups excluding carboxylic acids is 2. The number of thiazole rings is 1. The van der Waals surface area contributed by atoms with Crippen molar-refractivity contribution in [2.75, 3.05) is 11.9 Å². The second kappa shape index (κ2) is 8.19. The van der Waals surface area contributed by atoms with Gasteiger partial charge in [0.15, 0.2) is 0 Å². The highest BCUT2D eigenvalue weighted by Crippen LogP contribution is 2.23. The topological polar surface area (TPSA) is 114 Å². The van der Waals surface area contributed by atoms with Gasteiger partial charge in [-0.15, -0.1) is 11.3 Å². The summed E-state index contributed by atoms with van der Waals surface area (Å²) >= 11 is 1.52. The molecule has 136 valence electrons. The van der Waals surface area contributed by atoms with Crippen LogP contribution in [-0.4, -0.2) is 28.3 Å². The Labute approximate surface area is 158 Å². The van der Waals surface area contributed by atoms with Gasteiger partial charge in [-0.2, -0.15) is 0 Å². The normalized spacial score (nSPS) is 10.2. The summed E-state index contributed by atoms with van der Waals surface area (Å²) in [6.07, 6.45) is 1.72. The monoisotopic (exact) mass is 382 g/mol. The lowest BCUT2D eigenvalue weighted by molar-refractivity contribution is -0.384. The number of carbonyl (C=O) groups is 2. The highest BCUT2D eigenvalue weighted by molar-refractivity contribution is 7.13. The molecular weight excluding hydrogens is 368 g/mol. The number of rotatable bonds is 6. The summed E-state index contributed by atoms with van der Waals surface area (Å²) in [5.74, 6) is -0.969. The first kappa shape index (κ1) is 18.2. The second-order valence-corrected chi connectivity index (χ2v) is 6.35. The first-order valence-corrected chi connectivity index (χ1v) is 8.73. The average molecular weight is 382 g/mol. The molecule has 9 heteroatoms. The van der Waals surface area contributed by atoms with Crippen LogP contribution < -0.4 is 10.6 Å². The molecule has 2 amide bonds. The van der Waals surface area contributed by atoms with Crippen LogP contribution in [0.4, 0.5) is 11.4 Å². The van der Waals surface area contributed by atoms with Crippen LogP contribution in [-0.2, 0) is 4.79 Å². The lowest BCUT2D eigenvalue weighted by Crippen LogP contribution is -2.32. The van der Waals surface area contributed by atoms with Gasteiger partial charge in [0.1, 0.15) is 5.01 Å². The molecule has 1 aromatic heterocycles. The van der Waals surface area contributed by atoms with E-state index < -0.39 is 16.7 Å². The molecule has 0 saturated carbocycles. The summed E-state index contributed by atoms with van der Waals surface area (Å²) in [6, 6.07) is 12.5. The van der Waals surface area contributed by atoms with Crippen LogP contribution in [0.3, 0.4) is 0 Å². The number of anilines is 1. The highest BCUT2D eigenvalue weighted by atomic mass is 32.1. The first-order valence-electron chi connectivity index (χ1n) is 7.85. The van der Waals surface area contributed by atoms with E-state index in [9.17, 15) is 19.7 Å². The Balaban J connectivity index is 1.54. The Morgan fingerprint density at radius 3 is 2.59 bits per heavy atom. The molecule has 8 nitrogen and oxygen atoms in total. The van der Waals surface area contributed by atoms with Crippen molar-refractivity contribution in [3.63, 3.8) is 0 Å². The minimum Gasteiger partial charge on any atom is -0.343 e. The van der Waals surface area contributed by atoms with Crippen molar-refractivity contribution in [2.24, 2.45) is 0 Å². The van der Waals surface area contributed by atoms with Crippen molar-refractivity contribution in [1.82, 2.24) is 10.3 Å². The number of hydrogen-bond donors (Lipinski definition) is 2. The van der Waals surface area contributed by atoms with E-state index in [1.165, 1.54) is 29.5 Å². The summed E-state index contributed by atoms with van der Waals surface area (Å²) in [4.78, 5) is 38.4. The quantitative estimate of drug-likeness (QED) is 0.502. The molecule has 27 heavy (non-hydrogen) atoms. The number of benzene rings is 2. The maximum absolute atomic E-state index is 12.0. The SMILES string of the molecule is O=C(CNC(=O)c1cccc([N+](=O)[O-])c1)Nc1ccc(-c2nccs2)cc1. The van der Waals surface area contributed by atoms with Crippen molar-refractivity contribution in [2.45, 2.75) is 0 Å². The van der Waals surface area contributed by atoms with Gasteiger partial charge in [0.25, 0.3) is 11.6 Å². The van der Waals surface area contributed by atoms with Crippen molar-refractivity contribution < 1.29 is 14.5 Å². The van der Waals surface area contributed by atoms with Crippen LogP contribution in [0.25, 0.3) is 10.6 Å². The van der Waals surface area contributed by atoms with E-state index in [1.54, 1.807) is 18.3 Å². The van der Waals surface area contributed by atoms with E-state index in [2.05, 4.69) is 15.6 Å². The molecule has 0 bridgehead atoms. The molecule has 0 spiro atoms. The van der Waals surface area contributed by atoms with Gasteiger partial charge in [0, 0.05) is 40.5 Å². The Morgan fingerprint density at radius 1 is 1.15 bits per heavy atom. The molecule has 0 aliphatic carbocycles. The van der Waals surface area contributed by atoms with Crippen molar-refractivity contribution >= 4 is 34.5 Å². The molecule has 0 fully saturated rings. The van der Waals surface area contributed by atoms with E-state index in [0.717, 1.165) is 16.6 Å². The van der Waals surface area contributed by atoms with E-state index in [-0.39, 0.29) is 17.8 Å². The predicted octanol–water partition coefficient (Wildman–Crippen LogP) is 3.09. The number of nitro groups is 1. The zero-order valence-corrected chi connectivity index (χ0v) is 14.7. The van der Waals surface area contributed by atoms with E-state index in [0.29, 0.717) is 5.69 Å². The van der Waals surface area contributed by atoms with Crippen LogP contribution in [0, 0.1) is 10.1 Å². The van der Waals surface area contributed by atoms with Gasteiger partial charge in [0.2, 0.25) is 5.91 Å². The van der Waals surface area contributed by atoms with Crippen LogP contribution in [0.15, 0.2) is 60.1 Å². The number of amides is 2. The largest absolute Gasteiger partial charge is 0.343 e. The molecule has 3 aromatic rings. The molecule has 0 aliphatic heterocycles. The van der Waals surface area contributed by atoms with Crippen LogP contribution in [0.1, 0.15) is 10.4 Å². The molecule has 3 rings (SSSR count). The molecular formula is C18H14N4O4S. The zero-order chi connectivity index (χ0) is 19.2. The number of non-ortho nitro benzene ring substituents is 1. The summed E-state index contributed by atoms with van der Waals surface area (Å²) < 4.78 is 0. The maximum Gasteiger partial charge on any atom is 0.270 e. The second-order valence-electron chi connectivity index (χ2n) is 5.45. The fourth-order valence-corrected chi connectivity index (χ4v) is 2.94. The number of hydrogen-bond acceptors (Lipinski definition) is 6.